The van der Waals surface area contributed by atoms with Crippen molar-refractivity contribution in [1.29, 1.82) is 0 Å². The lowest BCUT2D eigenvalue weighted by molar-refractivity contribution is 0.243. The largest absolute Gasteiger partial charge is 0.491 e. The van der Waals surface area contributed by atoms with E-state index in [1.165, 1.54) is 11.1 Å². The molecule has 3 nitrogen and oxygen atoms in total. The van der Waals surface area contributed by atoms with Gasteiger partial charge < -0.3 is 9.84 Å². The molecule has 3 heteroatoms. The highest BCUT2D eigenvalue weighted by atomic mass is 16.5. The molecule has 0 aliphatic heterocycles. The zero-order chi connectivity index (χ0) is 13.2. The molecule has 1 aliphatic carbocycles. The van der Waals surface area contributed by atoms with Crippen molar-refractivity contribution in [2.75, 3.05) is 6.61 Å². The molecule has 0 amide bonds. The molecular weight excluding hydrogens is 238 g/mol. The van der Waals surface area contributed by atoms with Crippen molar-refractivity contribution in [3.05, 3.63) is 58.9 Å². The number of rotatable bonds is 4. The maximum atomic E-state index is 9.29. The summed E-state index contributed by atoms with van der Waals surface area (Å²) in [7, 11) is 0. The average Bonchev–Trinajstić information content (AvgIpc) is 2.41. The highest BCUT2D eigenvalue weighted by Crippen LogP contribution is 2.35. The van der Waals surface area contributed by atoms with Gasteiger partial charge in [0.15, 0.2) is 0 Å². The maximum absolute atomic E-state index is 9.29. The fourth-order valence-electron chi connectivity index (χ4n) is 2.54. The quantitative estimate of drug-likeness (QED) is 0.913. The van der Waals surface area contributed by atoms with E-state index in [0.29, 0.717) is 24.0 Å². The first kappa shape index (κ1) is 12.2. The Morgan fingerprint density at radius 2 is 2.11 bits per heavy atom. The van der Waals surface area contributed by atoms with Gasteiger partial charge in [-0.1, -0.05) is 24.3 Å². The molecule has 0 bridgehead atoms. The number of nitrogens with zero attached hydrogens (tertiary/aromatic N) is 1. The van der Waals surface area contributed by atoms with Crippen LogP contribution in [0.4, 0.5) is 0 Å². The Bertz CT molecular complexity index is 595. The molecule has 3 rings (SSSR count). The average molecular weight is 255 g/mol. The van der Waals surface area contributed by atoms with Crippen molar-refractivity contribution in [1.82, 2.24) is 4.98 Å². The minimum absolute atomic E-state index is 0.0851. The predicted octanol–water partition coefficient (Wildman–Crippen LogP) is 2.60. The zero-order valence-electron chi connectivity index (χ0n) is 11.0. The number of hydrogen-bond donors (Lipinski definition) is 1. The van der Waals surface area contributed by atoms with E-state index in [4.69, 9.17) is 4.74 Å². The molecule has 1 N–H and O–H groups in total. The summed E-state index contributed by atoms with van der Waals surface area (Å²) < 4.78 is 5.82. The van der Waals surface area contributed by atoms with Gasteiger partial charge in [0.25, 0.3) is 0 Å². The molecule has 1 aliphatic rings. The standard InChI is InChI=1S/C16H17NO2/c1-11-6-7-16(15(9-18)17-11)19-10-13-8-12-4-2-3-5-14(12)13/h2-7,13,18H,8-10H2,1H3. The second-order valence-corrected chi connectivity index (χ2v) is 4.97. The number of fused-ring (bicyclic) bond motifs is 1. The number of aryl methyl sites for hydroxylation is 1. The van der Waals surface area contributed by atoms with Crippen LogP contribution in [0.3, 0.4) is 0 Å². The smallest absolute Gasteiger partial charge is 0.143 e. The molecule has 1 aromatic carbocycles. The van der Waals surface area contributed by atoms with Crippen molar-refractivity contribution in [3.63, 3.8) is 0 Å². The van der Waals surface area contributed by atoms with Crippen LogP contribution < -0.4 is 4.74 Å². The number of benzene rings is 1. The third-order valence-electron chi connectivity index (χ3n) is 3.62. The van der Waals surface area contributed by atoms with E-state index in [-0.39, 0.29) is 6.61 Å². The van der Waals surface area contributed by atoms with Gasteiger partial charge in [0.05, 0.1) is 13.2 Å². The molecule has 0 radical (unpaired) electrons. The molecule has 0 saturated heterocycles. The summed E-state index contributed by atoms with van der Waals surface area (Å²) >= 11 is 0. The van der Waals surface area contributed by atoms with Gasteiger partial charge >= 0.3 is 0 Å². The van der Waals surface area contributed by atoms with E-state index < -0.39 is 0 Å². The van der Waals surface area contributed by atoms with Crippen LogP contribution in [0.15, 0.2) is 36.4 Å². The number of hydrogen-bond acceptors (Lipinski definition) is 3. The Kier molecular flexibility index (Phi) is 3.22. The van der Waals surface area contributed by atoms with Gasteiger partial charge in [-0.05, 0) is 36.6 Å². The molecule has 0 fully saturated rings. The van der Waals surface area contributed by atoms with Crippen molar-refractivity contribution in [3.8, 4) is 5.75 Å². The van der Waals surface area contributed by atoms with Crippen LogP contribution in [0, 0.1) is 6.92 Å². The summed E-state index contributed by atoms with van der Waals surface area (Å²) in [5, 5.41) is 9.29. The number of aromatic nitrogens is 1. The summed E-state index contributed by atoms with van der Waals surface area (Å²) in [6.45, 7) is 2.47. The van der Waals surface area contributed by atoms with Gasteiger partial charge in [0, 0.05) is 11.6 Å². The Morgan fingerprint density at radius 1 is 1.26 bits per heavy atom. The van der Waals surface area contributed by atoms with Gasteiger partial charge in [-0.15, -0.1) is 0 Å². The SMILES string of the molecule is Cc1ccc(OCC2Cc3ccccc32)c(CO)n1. The molecule has 0 saturated carbocycles. The molecule has 19 heavy (non-hydrogen) atoms. The molecule has 1 aromatic heterocycles. The first-order chi connectivity index (χ1) is 9.28. The Hall–Kier alpha value is -1.87. The van der Waals surface area contributed by atoms with Gasteiger partial charge in [0.2, 0.25) is 0 Å². The molecule has 0 spiro atoms. The highest BCUT2D eigenvalue weighted by Gasteiger charge is 2.26. The van der Waals surface area contributed by atoms with Crippen molar-refractivity contribution < 1.29 is 9.84 Å². The van der Waals surface area contributed by atoms with Crippen LogP contribution in [-0.2, 0) is 13.0 Å². The first-order valence-electron chi connectivity index (χ1n) is 6.56. The lowest BCUT2D eigenvalue weighted by Crippen LogP contribution is -2.23. The Morgan fingerprint density at radius 3 is 2.89 bits per heavy atom. The van der Waals surface area contributed by atoms with E-state index >= 15 is 0 Å². The van der Waals surface area contributed by atoms with Crippen LogP contribution in [0.25, 0.3) is 0 Å². The lowest BCUT2D eigenvalue weighted by Gasteiger charge is -2.30. The van der Waals surface area contributed by atoms with Crippen LogP contribution in [-0.4, -0.2) is 16.7 Å². The van der Waals surface area contributed by atoms with E-state index in [1.54, 1.807) is 0 Å². The van der Waals surface area contributed by atoms with Gasteiger partial charge in [0.1, 0.15) is 11.4 Å². The maximum Gasteiger partial charge on any atom is 0.143 e. The summed E-state index contributed by atoms with van der Waals surface area (Å²) in [5.74, 6) is 1.15. The van der Waals surface area contributed by atoms with Crippen LogP contribution in [0.1, 0.15) is 28.4 Å². The topological polar surface area (TPSA) is 42.4 Å². The van der Waals surface area contributed by atoms with Crippen molar-refractivity contribution >= 4 is 0 Å². The minimum Gasteiger partial charge on any atom is -0.491 e. The van der Waals surface area contributed by atoms with Crippen LogP contribution in [0.2, 0.25) is 0 Å². The van der Waals surface area contributed by atoms with Gasteiger partial charge in [-0.2, -0.15) is 0 Å². The molecule has 98 valence electrons. The zero-order valence-corrected chi connectivity index (χ0v) is 11.0. The number of ether oxygens (including phenoxy) is 1. The molecule has 1 heterocycles. The lowest BCUT2D eigenvalue weighted by atomic mass is 9.78. The van der Waals surface area contributed by atoms with E-state index in [9.17, 15) is 5.11 Å². The number of aliphatic hydroxyl groups is 1. The van der Waals surface area contributed by atoms with Crippen LogP contribution >= 0.6 is 0 Å². The fraction of sp³-hybridized carbons (Fsp3) is 0.312. The van der Waals surface area contributed by atoms with Crippen molar-refractivity contribution in [2.45, 2.75) is 25.9 Å². The fourth-order valence-corrected chi connectivity index (χ4v) is 2.54. The second kappa shape index (κ2) is 5.02. The van der Waals surface area contributed by atoms with E-state index in [2.05, 4.69) is 29.2 Å². The summed E-state index contributed by atoms with van der Waals surface area (Å²) in [6.07, 6.45) is 1.07. The normalized spacial score (nSPS) is 16.6. The number of aliphatic hydroxyl groups excluding tert-OH is 1. The molecule has 2 aromatic rings. The van der Waals surface area contributed by atoms with Crippen LogP contribution in [0.5, 0.6) is 5.75 Å². The summed E-state index contributed by atoms with van der Waals surface area (Å²) in [5.41, 5.74) is 4.31. The first-order valence-corrected chi connectivity index (χ1v) is 6.56. The van der Waals surface area contributed by atoms with Crippen molar-refractivity contribution in [2.24, 2.45) is 0 Å². The van der Waals surface area contributed by atoms with E-state index in [1.807, 2.05) is 19.1 Å². The minimum atomic E-state index is -0.0851. The molecular formula is C16H17NO2. The third-order valence-corrected chi connectivity index (χ3v) is 3.62. The summed E-state index contributed by atoms with van der Waals surface area (Å²) in [4.78, 5) is 4.28. The van der Waals surface area contributed by atoms with Gasteiger partial charge in [-0.3, -0.25) is 4.98 Å². The number of pyridine rings is 1. The Labute approximate surface area is 112 Å². The third kappa shape index (κ3) is 2.34. The monoisotopic (exact) mass is 255 g/mol. The highest BCUT2D eigenvalue weighted by molar-refractivity contribution is 5.40. The predicted molar refractivity (Wildman–Crippen MR) is 73.3 cm³/mol. The second-order valence-electron chi connectivity index (χ2n) is 4.97. The van der Waals surface area contributed by atoms with Gasteiger partial charge in [-0.25, -0.2) is 0 Å². The molecule has 1 atom stereocenters. The van der Waals surface area contributed by atoms with E-state index in [0.717, 1.165) is 12.1 Å². The summed E-state index contributed by atoms with van der Waals surface area (Å²) in [6, 6.07) is 12.3. The molecule has 1 unspecified atom stereocenters. The Balaban J connectivity index is 1.68.